The van der Waals surface area contributed by atoms with E-state index < -0.39 is 0 Å². The van der Waals surface area contributed by atoms with E-state index in [0.717, 1.165) is 35.3 Å². The van der Waals surface area contributed by atoms with Gasteiger partial charge in [-0.3, -0.25) is 0 Å². The number of benzene rings is 1. The van der Waals surface area contributed by atoms with Crippen molar-refractivity contribution in [3.63, 3.8) is 0 Å². The van der Waals surface area contributed by atoms with E-state index >= 15 is 0 Å². The molecule has 2 heterocycles. The normalized spacial score (nSPS) is 17.2. The van der Waals surface area contributed by atoms with Crippen LogP contribution in [0.1, 0.15) is 24.5 Å². The van der Waals surface area contributed by atoms with Crippen molar-refractivity contribution in [3.8, 4) is 5.75 Å². The highest BCUT2D eigenvalue weighted by molar-refractivity contribution is 7.99. The Morgan fingerprint density at radius 2 is 2.20 bits per heavy atom. The van der Waals surface area contributed by atoms with Crippen LogP contribution < -0.4 is 10.1 Å². The molecule has 0 spiro atoms. The summed E-state index contributed by atoms with van der Waals surface area (Å²) in [6.07, 6.45) is 0.800. The summed E-state index contributed by atoms with van der Waals surface area (Å²) in [4.78, 5) is 10.3. The molecular formula is C15H17N3OS. The highest BCUT2D eigenvalue weighted by Gasteiger charge is 2.24. The molecule has 0 radical (unpaired) electrons. The third-order valence-corrected chi connectivity index (χ3v) is 4.33. The summed E-state index contributed by atoms with van der Waals surface area (Å²) in [5.74, 6) is 3.37. The highest BCUT2D eigenvalue weighted by Crippen LogP contribution is 2.39. The first-order valence-electron chi connectivity index (χ1n) is 6.74. The van der Waals surface area contributed by atoms with Gasteiger partial charge in [0.15, 0.2) is 11.9 Å². The smallest absolute Gasteiger partial charge is 0.172 e. The minimum atomic E-state index is -0.0894. The number of aryl methyl sites for hydroxylation is 1. The second kappa shape index (κ2) is 5.71. The third-order valence-electron chi connectivity index (χ3n) is 3.21. The van der Waals surface area contributed by atoms with E-state index in [9.17, 15) is 0 Å². The quantitative estimate of drug-likeness (QED) is 0.938. The third kappa shape index (κ3) is 2.58. The molecule has 0 fully saturated rings. The van der Waals surface area contributed by atoms with Crippen LogP contribution in [0.3, 0.4) is 0 Å². The van der Waals surface area contributed by atoms with Gasteiger partial charge in [0.25, 0.3) is 0 Å². The first-order chi connectivity index (χ1) is 9.80. The lowest BCUT2D eigenvalue weighted by Crippen LogP contribution is -2.19. The number of hydrogen-bond acceptors (Lipinski definition) is 5. The summed E-state index contributed by atoms with van der Waals surface area (Å²) in [7, 11) is 1.87. The van der Waals surface area contributed by atoms with Crippen LogP contribution in [0.4, 0.5) is 5.82 Å². The lowest BCUT2D eigenvalue weighted by Gasteiger charge is -2.24. The molecule has 1 unspecified atom stereocenters. The number of thioether (sulfide) groups is 1. The van der Waals surface area contributed by atoms with E-state index in [2.05, 4.69) is 28.3 Å². The van der Waals surface area contributed by atoms with Gasteiger partial charge in [0.2, 0.25) is 0 Å². The number of nitrogens with one attached hydrogen (secondary N) is 1. The Kier molecular flexibility index (Phi) is 3.78. The van der Waals surface area contributed by atoms with Gasteiger partial charge in [-0.05, 0) is 18.6 Å². The molecule has 0 saturated carbocycles. The largest absolute Gasteiger partial charge is 0.480 e. The molecule has 1 N–H and O–H groups in total. The van der Waals surface area contributed by atoms with Gasteiger partial charge in [0, 0.05) is 29.5 Å². The fourth-order valence-electron chi connectivity index (χ4n) is 2.12. The Morgan fingerprint density at radius 3 is 3.00 bits per heavy atom. The van der Waals surface area contributed by atoms with Crippen LogP contribution in [0.25, 0.3) is 0 Å². The molecule has 0 saturated heterocycles. The molecule has 2 aromatic rings. The monoisotopic (exact) mass is 287 g/mol. The molecule has 4 nitrogen and oxygen atoms in total. The summed E-state index contributed by atoms with van der Waals surface area (Å²) in [5, 5.41) is 3.09. The Labute approximate surface area is 123 Å². The summed E-state index contributed by atoms with van der Waals surface area (Å²) in [6.45, 7) is 2.09. The molecule has 0 aliphatic carbocycles. The van der Waals surface area contributed by atoms with Gasteiger partial charge < -0.3 is 10.1 Å². The molecule has 20 heavy (non-hydrogen) atoms. The zero-order valence-electron chi connectivity index (χ0n) is 11.6. The number of fused-ring (bicyclic) bond motifs is 1. The average Bonchev–Trinajstić information content (AvgIpc) is 2.53. The van der Waals surface area contributed by atoms with Crippen LogP contribution in [0.5, 0.6) is 5.75 Å². The molecule has 1 atom stereocenters. The van der Waals surface area contributed by atoms with Gasteiger partial charge in [0.05, 0.1) is 0 Å². The summed E-state index contributed by atoms with van der Waals surface area (Å²) in [5.41, 5.74) is 1.03. The first kappa shape index (κ1) is 13.2. The molecule has 0 amide bonds. The van der Waals surface area contributed by atoms with E-state index in [4.69, 9.17) is 4.74 Å². The molecule has 104 valence electrons. The maximum Gasteiger partial charge on any atom is 0.172 e. The van der Waals surface area contributed by atoms with E-state index in [1.54, 1.807) is 11.8 Å². The number of aromatic nitrogens is 2. The number of para-hydroxylation sites is 1. The van der Waals surface area contributed by atoms with Crippen molar-refractivity contribution in [1.82, 2.24) is 9.97 Å². The molecular weight excluding hydrogens is 270 g/mol. The van der Waals surface area contributed by atoms with Gasteiger partial charge in [-0.1, -0.05) is 19.1 Å². The minimum Gasteiger partial charge on any atom is -0.480 e. The maximum absolute atomic E-state index is 6.04. The van der Waals surface area contributed by atoms with Crippen LogP contribution in [0, 0.1) is 0 Å². The van der Waals surface area contributed by atoms with Crippen molar-refractivity contribution in [2.45, 2.75) is 24.3 Å². The topological polar surface area (TPSA) is 47.0 Å². The van der Waals surface area contributed by atoms with Crippen LogP contribution >= 0.6 is 11.8 Å². The van der Waals surface area contributed by atoms with Crippen molar-refractivity contribution in [2.24, 2.45) is 0 Å². The lowest BCUT2D eigenvalue weighted by atomic mass is 10.2. The number of hydrogen-bond donors (Lipinski definition) is 1. The average molecular weight is 287 g/mol. The van der Waals surface area contributed by atoms with Gasteiger partial charge in [-0.2, -0.15) is 0 Å². The molecule has 1 aliphatic heterocycles. The Bertz CT molecular complexity index is 596. The minimum absolute atomic E-state index is 0.0894. The molecule has 1 aromatic heterocycles. The lowest BCUT2D eigenvalue weighted by molar-refractivity contribution is 0.210. The molecule has 0 bridgehead atoms. The van der Waals surface area contributed by atoms with Gasteiger partial charge in [-0.15, -0.1) is 11.8 Å². The first-order valence-corrected chi connectivity index (χ1v) is 7.72. The van der Waals surface area contributed by atoms with E-state index in [1.807, 2.05) is 31.3 Å². The van der Waals surface area contributed by atoms with E-state index in [-0.39, 0.29) is 6.10 Å². The van der Waals surface area contributed by atoms with E-state index in [0.29, 0.717) is 0 Å². The molecule has 1 aromatic carbocycles. The summed E-state index contributed by atoms with van der Waals surface area (Å²) in [6, 6.07) is 10.1. The fourth-order valence-corrected chi connectivity index (χ4v) is 3.10. The van der Waals surface area contributed by atoms with Gasteiger partial charge >= 0.3 is 0 Å². The van der Waals surface area contributed by atoms with Crippen molar-refractivity contribution < 1.29 is 4.74 Å². The zero-order chi connectivity index (χ0) is 13.9. The fraction of sp³-hybridized carbons (Fsp3) is 0.333. The van der Waals surface area contributed by atoms with Gasteiger partial charge in [-0.25, -0.2) is 9.97 Å². The maximum atomic E-state index is 6.04. The molecule has 3 rings (SSSR count). The highest BCUT2D eigenvalue weighted by atomic mass is 32.2. The second-order valence-electron chi connectivity index (χ2n) is 4.57. The van der Waals surface area contributed by atoms with Crippen LogP contribution in [-0.2, 0) is 6.42 Å². The van der Waals surface area contributed by atoms with Crippen molar-refractivity contribution in [1.29, 1.82) is 0 Å². The Balaban J connectivity index is 1.91. The summed E-state index contributed by atoms with van der Waals surface area (Å²) < 4.78 is 6.04. The predicted molar refractivity (Wildman–Crippen MR) is 81.5 cm³/mol. The predicted octanol–water partition coefficient (Wildman–Crippen LogP) is 3.31. The molecule has 1 aliphatic rings. The zero-order valence-corrected chi connectivity index (χ0v) is 12.4. The van der Waals surface area contributed by atoms with Crippen LogP contribution in [0.15, 0.2) is 35.2 Å². The van der Waals surface area contributed by atoms with Crippen LogP contribution in [-0.4, -0.2) is 22.8 Å². The van der Waals surface area contributed by atoms with E-state index in [1.165, 1.54) is 4.90 Å². The SMILES string of the molecule is CCc1cc(NC)nc(C2CSc3ccccc3O2)n1. The number of rotatable bonds is 3. The summed E-state index contributed by atoms with van der Waals surface area (Å²) >= 11 is 1.79. The number of nitrogens with zero attached hydrogens (tertiary/aromatic N) is 2. The van der Waals surface area contributed by atoms with Crippen molar-refractivity contribution >= 4 is 17.6 Å². The number of anilines is 1. The second-order valence-corrected chi connectivity index (χ2v) is 5.63. The van der Waals surface area contributed by atoms with Crippen molar-refractivity contribution in [3.05, 3.63) is 41.9 Å². The Morgan fingerprint density at radius 1 is 1.35 bits per heavy atom. The standard InChI is InChI=1S/C15H17N3OS/c1-3-10-8-14(16-2)18-15(17-10)12-9-20-13-7-5-4-6-11(13)19-12/h4-8,12H,3,9H2,1-2H3,(H,16,17,18). The molecule has 5 heteroatoms. The van der Waals surface area contributed by atoms with Crippen molar-refractivity contribution in [2.75, 3.05) is 18.1 Å². The number of ether oxygens (including phenoxy) is 1. The van der Waals surface area contributed by atoms with Gasteiger partial charge in [0.1, 0.15) is 11.6 Å². The Hall–Kier alpha value is -1.75. The van der Waals surface area contributed by atoms with Crippen LogP contribution in [0.2, 0.25) is 0 Å².